The summed E-state index contributed by atoms with van der Waals surface area (Å²) in [6.45, 7) is 3.23. The Bertz CT molecular complexity index is 705. The van der Waals surface area contributed by atoms with Gasteiger partial charge in [0.15, 0.2) is 5.82 Å². The van der Waals surface area contributed by atoms with Gasteiger partial charge in [0.1, 0.15) is 5.60 Å². The van der Waals surface area contributed by atoms with Crippen LogP contribution < -0.4 is 5.32 Å². The number of rotatable bonds is 6. The van der Waals surface area contributed by atoms with Crippen molar-refractivity contribution in [2.24, 2.45) is 7.05 Å². The van der Waals surface area contributed by atoms with Crippen LogP contribution in [0.3, 0.4) is 0 Å². The van der Waals surface area contributed by atoms with Crippen LogP contribution in [0.15, 0.2) is 24.7 Å². The smallest absolute Gasteiger partial charge is 0.220 e. The van der Waals surface area contributed by atoms with Crippen molar-refractivity contribution in [3.8, 4) is 0 Å². The molecule has 1 atom stereocenters. The van der Waals surface area contributed by atoms with Crippen LogP contribution in [0.1, 0.15) is 49.7 Å². The van der Waals surface area contributed by atoms with E-state index in [9.17, 15) is 4.79 Å². The first kappa shape index (κ1) is 17.5. The van der Waals surface area contributed by atoms with Gasteiger partial charge < -0.3 is 10.1 Å². The van der Waals surface area contributed by atoms with Crippen molar-refractivity contribution < 1.29 is 9.53 Å². The second kappa shape index (κ2) is 7.74. The van der Waals surface area contributed by atoms with Gasteiger partial charge in [-0.25, -0.2) is 9.97 Å². The van der Waals surface area contributed by atoms with E-state index >= 15 is 0 Å². The Morgan fingerprint density at radius 1 is 1.36 bits per heavy atom. The van der Waals surface area contributed by atoms with Crippen molar-refractivity contribution in [2.45, 2.75) is 51.2 Å². The van der Waals surface area contributed by atoms with E-state index in [1.807, 2.05) is 20.0 Å². The number of ether oxygens (including phenoxy) is 1. The number of aromatic nitrogens is 4. The van der Waals surface area contributed by atoms with Crippen LogP contribution in [0.4, 0.5) is 0 Å². The highest BCUT2D eigenvalue weighted by atomic mass is 16.5. The summed E-state index contributed by atoms with van der Waals surface area (Å²) in [5.74, 6) is 0.728. The molecule has 0 aromatic carbocycles. The SMILES string of the molecule is Cn1nccc1CCC(=O)NCc1cnc([C@]2(C)CCCCO2)nc1. The first-order valence-electron chi connectivity index (χ1n) is 8.76. The molecule has 25 heavy (non-hydrogen) atoms. The molecule has 7 nitrogen and oxygen atoms in total. The number of hydrogen-bond acceptors (Lipinski definition) is 5. The van der Waals surface area contributed by atoms with Crippen LogP contribution in [-0.2, 0) is 35.1 Å². The summed E-state index contributed by atoms with van der Waals surface area (Å²) in [6.07, 6.45) is 9.56. The molecule has 1 amide bonds. The van der Waals surface area contributed by atoms with Gasteiger partial charge in [-0.2, -0.15) is 5.10 Å². The molecule has 1 N–H and O–H groups in total. The van der Waals surface area contributed by atoms with Crippen LogP contribution in [0.25, 0.3) is 0 Å². The van der Waals surface area contributed by atoms with Crippen molar-refractivity contribution >= 4 is 5.91 Å². The molecule has 1 saturated heterocycles. The van der Waals surface area contributed by atoms with Gasteiger partial charge >= 0.3 is 0 Å². The molecule has 2 aromatic rings. The topological polar surface area (TPSA) is 81.9 Å². The minimum atomic E-state index is -0.386. The zero-order valence-electron chi connectivity index (χ0n) is 14.9. The maximum atomic E-state index is 12.0. The van der Waals surface area contributed by atoms with Crippen LogP contribution in [-0.4, -0.2) is 32.3 Å². The number of hydrogen-bond donors (Lipinski definition) is 1. The average molecular weight is 343 g/mol. The molecule has 0 radical (unpaired) electrons. The van der Waals surface area contributed by atoms with E-state index in [1.54, 1.807) is 23.3 Å². The largest absolute Gasteiger partial charge is 0.367 e. The molecule has 3 rings (SSSR count). The average Bonchev–Trinajstić information content (AvgIpc) is 3.04. The van der Waals surface area contributed by atoms with E-state index < -0.39 is 0 Å². The monoisotopic (exact) mass is 343 g/mol. The number of amides is 1. The van der Waals surface area contributed by atoms with Crippen LogP contribution in [0.2, 0.25) is 0 Å². The van der Waals surface area contributed by atoms with Crippen LogP contribution >= 0.6 is 0 Å². The van der Waals surface area contributed by atoms with Gasteiger partial charge in [-0.05, 0) is 38.7 Å². The molecule has 134 valence electrons. The number of carbonyl (C=O) groups excluding carboxylic acids is 1. The molecule has 1 aliphatic rings. The Hall–Kier alpha value is -2.28. The lowest BCUT2D eigenvalue weighted by Gasteiger charge is -2.32. The Morgan fingerprint density at radius 2 is 2.16 bits per heavy atom. The predicted molar refractivity (Wildman–Crippen MR) is 92.6 cm³/mol. The third-order valence-electron chi connectivity index (χ3n) is 4.67. The van der Waals surface area contributed by atoms with Crippen molar-refractivity contribution in [3.63, 3.8) is 0 Å². The fourth-order valence-electron chi connectivity index (χ4n) is 3.01. The van der Waals surface area contributed by atoms with Crippen molar-refractivity contribution in [1.82, 2.24) is 25.1 Å². The van der Waals surface area contributed by atoms with E-state index in [1.165, 1.54) is 0 Å². The number of nitrogens with zero attached hydrogens (tertiary/aromatic N) is 4. The third kappa shape index (κ3) is 4.42. The molecule has 7 heteroatoms. The summed E-state index contributed by atoms with van der Waals surface area (Å²) in [5, 5.41) is 7.01. The number of nitrogens with one attached hydrogen (secondary N) is 1. The van der Waals surface area contributed by atoms with Crippen LogP contribution in [0, 0.1) is 0 Å². The van der Waals surface area contributed by atoms with E-state index in [4.69, 9.17) is 4.74 Å². The molecule has 1 fully saturated rings. The molecular formula is C18H25N5O2. The normalized spacial score (nSPS) is 20.4. The molecule has 1 aliphatic heterocycles. The summed E-state index contributed by atoms with van der Waals surface area (Å²) in [5.41, 5.74) is 1.55. The van der Waals surface area contributed by atoms with Gasteiger partial charge in [0.05, 0.1) is 0 Å². The second-order valence-electron chi connectivity index (χ2n) is 6.67. The molecule has 0 spiro atoms. The Balaban J connectivity index is 1.48. The zero-order chi connectivity index (χ0) is 17.7. The molecule has 0 unspecified atom stereocenters. The number of aryl methyl sites for hydroxylation is 2. The Morgan fingerprint density at radius 3 is 2.80 bits per heavy atom. The van der Waals surface area contributed by atoms with E-state index in [0.29, 0.717) is 19.4 Å². The lowest BCUT2D eigenvalue weighted by molar-refractivity contribution is -0.121. The van der Waals surface area contributed by atoms with E-state index in [-0.39, 0.29) is 11.5 Å². The first-order valence-corrected chi connectivity index (χ1v) is 8.76. The molecule has 0 aliphatic carbocycles. The van der Waals surface area contributed by atoms with Gasteiger partial charge in [-0.1, -0.05) is 0 Å². The van der Waals surface area contributed by atoms with Crippen molar-refractivity contribution in [2.75, 3.05) is 6.61 Å². The summed E-state index contributed by atoms with van der Waals surface area (Å²) >= 11 is 0. The fourth-order valence-corrected chi connectivity index (χ4v) is 3.01. The molecule has 0 saturated carbocycles. The second-order valence-corrected chi connectivity index (χ2v) is 6.67. The summed E-state index contributed by atoms with van der Waals surface area (Å²) in [6, 6.07) is 1.92. The van der Waals surface area contributed by atoms with Gasteiger partial charge in [-0.15, -0.1) is 0 Å². The zero-order valence-corrected chi connectivity index (χ0v) is 14.9. The summed E-state index contributed by atoms with van der Waals surface area (Å²) in [4.78, 5) is 20.9. The van der Waals surface area contributed by atoms with Crippen molar-refractivity contribution in [3.05, 3.63) is 41.7 Å². The van der Waals surface area contributed by atoms with Gasteiger partial charge in [0.25, 0.3) is 0 Å². The highest BCUT2D eigenvalue weighted by Crippen LogP contribution is 2.32. The summed E-state index contributed by atoms with van der Waals surface area (Å²) < 4.78 is 7.65. The Kier molecular flexibility index (Phi) is 5.43. The fraction of sp³-hybridized carbons (Fsp3) is 0.556. The number of carbonyl (C=O) groups is 1. The lowest BCUT2D eigenvalue weighted by atomic mass is 9.95. The van der Waals surface area contributed by atoms with Crippen molar-refractivity contribution in [1.29, 1.82) is 0 Å². The Labute approximate surface area is 147 Å². The molecule has 2 aromatic heterocycles. The highest BCUT2D eigenvalue weighted by Gasteiger charge is 2.32. The summed E-state index contributed by atoms with van der Waals surface area (Å²) in [7, 11) is 1.88. The van der Waals surface area contributed by atoms with E-state index in [2.05, 4.69) is 20.4 Å². The third-order valence-corrected chi connectivity index (χ3v) is 4.67. The van der Waals surface area contributed by atoms with Gasteiger partial charge in [0, 0.05) is 56.5 Å². The van der Waals surface area contributed by atoms with E-state index in [0.717, 1.165) is 43.0 Å². The molecule has 3 heterocycles. The molecule has 0 bridgehead atoms. The molecular weight excluding hydrogens is 318 g/mol. The standard InChI is InChI=1S/C18H25N5O2/c1-18(8-3-4-10-25-18)17-20-12-14(13-21-17)11-19-16(24)6-5-15-7-9-22-23(15)2/h7,9,12-13H,3-6,8,10-11H2,1-2H3,(H,19,24)/t18-/m0/s1. The highest BCUT2D eigenvalue weighted by molar-refractivity contribution is 5.76. The first-order chi connectivity index (χ1) is 12.1. The minimum Gasteiger partial charge on any atom is -0.367 e. The van der Waals surface area contributed by atoms with Gasteiger partial charge in [0.2, 0.25) is 5.91 Å². The van der Waals surface area contributed by atoms with Crippen LogP contribution in [0.5, 0.6) is 0 Å². The predicted octanol–water partition coefficient (Wildman–Crippen LogP) is 1.87. The van der Waals surface area contributed by atoms with Gasteiger partial charge in [-0.3, -0.25) is 9.48 Å². The maximum Gasteiger partial charge on any atom is 0.220 e. The minimum absolute atomic E-state index is 0.00727. The lowest BCUT2D eigenvalue weighted by Crippen LogP contribution is -2.32. The maximum absolute atomic E-state index is 12.0. The quantitative estimate of drug-likeness (QED) is 0.866.